The zero-order chi connectivity index (χ0) is 28.3. The number of hydrogen-bond acceptors (Lipinski definition) is 5. The highest BCUT2D eigenvalue weighted by molar-refractivity contribution is 7.91. The molecule has 2 aliphatic heterocycles. The third kappa shape index (κ3) is 5.80. The number of piperidine rings is 1. The zero-order valence-electron chi connectivity index (χ0n) is 22.6. The monoisotopic (exact) mass is 579 g/mol. The van der Waals surface area contributed by atoms with Crippen molar-refractivity contribution in [2.75, 3.05) is 24.5 Å². The highest BCUT2D eigenvalue weighted by atomic mass is 35.5. The molecule has 40 heavy (non-hydrogen) atoms. The second-order valence-corrected chi connectivity index (χ2v) is 12.7. The third-order valence-electron chi connectivity index (χ3n) is 7.84. The van der Waals surface area contributed by atoms with Crippen LogP contribution in [-0.2, 0) is 16.4 Å². The van der Waals surface area contributed by atoms with Crippen LogP contribution in [0.3, 0.4) is 0 Å². The number of anilines is 1. The van der Waals surface area contributed by atoms with Crippen LogP contribution in [0.2, 0.25) is 5.02 Å². The van der Waals surface area contributed by atoms with Crippen molar-refractivity contribution in [3.05, 3.63) is 88.4 Å². The summed E-state index contributed by atoms with van der Waals surface area (Å²) in [6.07, 6.45) is 5.70. The number of sulfone groups is 1. The molecule has 1 fully saturated rings. The lowest BCUT2D eigenvalue weighted by atomic mass is 10.00. The molecule has 1 N–H and O–H groups in total. The molecule has 0 spiro atoms. The number of likely N-dealkylation sites (tertiary alicyclic amines) is 1. The van der Waals surface area contributed by atoms with E-state index in [1.807, 2.05) is 0 Å². The fraction of sp³-hybridized carbons (Fsp3) is 0.355. The van der Waals surface area contributed by atoms with Gasteiger partial charge in [-0.05, 0) is 80.3 Å². The van der Waals surface area contributed by atoms with Crippen LogP contribution in [0.1, 0.15) is 65.3 Å². The molecule has 1 atom stereocenters. The molecule has 3 aromatic rings. The van der Waals surface area contributed by atoms with Crippen molar-refractivity contribution in [3.8, 4) is 0 Å². The lowest BCUT2D eigenvalue weighted by Crippen LogP contribution is -2.40. The summed E-state index contributed by atoms with van der Waals surface area (Å²) >= 11 is 6.05. The number of nitrogens with one attached hydrogen (secondary N) is 1. The standard InChI is InChI=1S/C31H34ClN3O4S/c1-2-25-8-5-6-18-34(25)19-7-17-33-30(36)23-13-16-29-27(20-23)35(21-22-11-14-24(32)15-12-22)31(37)26-9-3-4-10-28(26)40(29,38)39/h3-4,9-16,20,25H,2,5-8,17-19,21H2,1H3,(H,33,36)/t25-/m1/s1. The molecule has 3 aromatic carbocycles. The van der Waals surface area contributed by atoms with Crippen LogP contribution >= 0.6 is 11.6 Å². The van der Waals surface area contributed by atoms with E-state index in [0.29, 0.717) is 23.2 Å². The first-order valence-corrected chi connectivity index (χ1v) is 15.7. The molecule has 0 bridgehead atoms. The van der Waals surface area contributed by atoms with Crippen molar-refractivity contribution < 1.29 is 18.0 Å². The van der Waals surface area contributed by atoms with Crippen LogP contribution < -0.4 is 10.2 Å². The van der Waals surface area contributed by atoms with Gasteiger partial charge in [-0.25, -0.2) is 8.42 Å². The quantitative estimate of drug-likeness (QED) is 0.345. The number of hydrogen-bond donors (Lipinski definition) is 1. The third-order valence-corrected chi connectivity index (χ3v) is 9.95. The van der Waals surface area contributed by atoms with Gasteiger partial charge in [0, 0.05) is 29.7 Å². The summed E-state index contributed by atoms with van der Waals surface area (Å²) in [4.78, 5) is 30.8. The zero-order valence-corrected chi connectivity index (χ0v) is 24.2. The van der Waals surface area contributed by atoms with Gasteiger partial charge in [0.05, 0.1) is 27.6 Å². The van der Waals surface area contributed by atoms with Gasteiger partial charge in [-0.3, -0.25) is 9.59 Å². The summed E-state index contributed by atoms with van der Waals surface area (Å²) in [7, 11) is -4.01. The van der Waals surface area contributed by atoms with E-state index in [4.69, 9.17) is 11.6 Å². The predicted octanol–water partition coefficient (Wildman–Crippen LogP) is 5.72. The van der Waals surface area contributed by atoms with E-state index in [1.165, 1.54) is 54.5 Å². The Labute approximate surface area is 241 Å². The maximum absolute atomic E-state index is 13.8. The summed E-state index contributed by atoms with van der Waals surface area (Å²) in [6.45, 7) is 4.89. The largest absolute Gasteiger partial charge is 0.352 e. The van der Waals surface area contributed by atoms with Crippen molar-refractivity contribution in [1.29, 1.82) is 0 Å². The number of halogens is 1. The topological polar surface area (TPSA) is 86.8 Å². The Bertz CT molecular complexity index is 1510. The molecule has 7 nitrogen and oxygen atoms in total. The lowest BCUT2D eigenvalue weighted by molar-refractivity contribution is 0.0944. The van der Waals surface area contributed by atoms with Crippen molar-refractivity contribution >= 4 is 38.9 Å². The summed E-state index contributed by atoms with van der Waals surface area (Å²) in [6, 6.07) is 18.3. The summed E-state index contributed by atoms with van der Waals surface area (Å²) < 4.78 is 27.4. The fourth-order valence-electron chi connectivity index (χ4n) is 5.68. The van der Waals surface area contributed by atoms with Gasteiger partial charge < -0.3 is 15.1 Å². The second-order valence-electron chi connectivity index (χ2n) is 10.4. The Hall–Kier alpha value is -3.20. The molecule has 2 aliphatic rings. The minimum atomic E-state index is -4.01. The van der Waals surface area contributed by atoms with Gasteiger partial charge in [0.25, 0.3) is 11.8 Å². The first-order chi connectivity index (χ1) is 19.3. The van der Waals surface area contributed by atoms with Crippen molar-refractivity contribution in [2.24, 2.45) is 0 Å². The Morgan fingerprint density at radius 2 is 1.80 bits per heavy atom. The Morgan fingerprint density at radius 1 is 1.02 bits per heavy atom. The normalized spacial score (nSPS) is 18.5. The summed E-state index contributed by atoms with van der Waals surface area (Å²) in [5.74, 6) is -0.746. The van der Waals surface area contributed by atoms with Crippen molar-refractivity contribution in [1.82, 2.24) is 10.2 Å². The predicted molar refractivity (Wildman–Crippen MR) is 157 cm³/mol. The van der Waals surface area contributed by atoms with Gasteiger partial charge in [-0.2, -0.15) is 0 Å². The summed E-state index contributed by atoms with van der Waals surface area (Å²) in [5, 5.41) is 3.54. The molecule has 210 valence electrons. The van der Waals surface area contributed by atoms with E-state index in [-0.39, 0.29) is 33.5 Å². The molecular weight excluding hydrogens is 546 g/mol. The van der Waals surface area contributed by atoms with Crippen LogP contribution in [0.15, 0.2) is 76.5 Å². The maximum atomic E-state index is 13.8. The molecule has 0 unspecified atom stereocenters. The number of carbonyl (C=O) groups is 2. The lowest BCUT2D eigenvalue weighted by Gasteiger charge is -2.35. The highest BCUT2D eigenvalue weighted by Crippen LogP contribution is 2.38. The Balaban J connectivity index is 1.41. The van der Waals surface area contributed by atoms with Crippen LogP contribution in [0.5, 0.6) is 0 Å². The Morgan fingerprint density at radius 3 is 2.58 bits per heavy atom. The molecule has 0 radical (unpaired) electrons. The number of amides is 2. The molecule has 5 rings (SSSR count). The van der Waals surface area contributed by atoms with E-state index in [0.717, 1.165) is 31.5 Å². The first kappa shape index (κ1) is 28.3. The van der Waals surface area contributed by atoms with Crippen LogP contribution in [-0.4, -0.2) is 50.8 Å². The average molecular weight is 580 g/mol. The SMILES string of the molecule is CC[C@@H]1CCCCN1CCCNC(=O)c1ccc2c(c1)N(Cc1ccc(Cl)cc1)C(=O)c1ccccc1S2(=O)=O. The number of nitrogens with zero attached hydrogens (tertiary/aromatic N) is 2. The van der Waals surface area contributed by atoms with Crippen LogP contribution in [0.4, 0.5) is 5.69 Å². The molecule has 0 saturated carbocycles. The number of rotatable bonds is 8. The van der Waals surface area contributed by atoms with Gasteiger partial charge in [0.15, 0.2) is 0 Å². The van der Waals surface area contributed by atoms with E-state index >= 15 is 0 Å². The molecule has 0 aromatic heterocycles. The van der Waals surface area contributed by atoms with Gasteiger partial charge in [0.2, 0.25) is 9.84 Å². The summed E-state index contributed by atoms with van der Waals surface area (Å²) in [5.41, 5.74) is 1.36. The van der Waals surface area contributed by atoms with Gasteiger partial charge in [-0.1, -0.05) is 49.2 Å². The van der Waals surface area contributed by atoms with E-state index in [9.17, 15) is 18.0 Å². The first-order valence-electron chi connectivity index (χ1n) is 13.9. The molecule has 2 heterocycles. The minimum absolute atomic E-state index is 0.00739. The smallest absolute Gasteiger partial charge is 0.259 e. The Kier molecular flexibility index (Phi) is 8.59. The molecule has 9 heteroatoms. The highest BCUT2D eigenvalue weighted by Gasteiger charge is 2.36. The molecule has 2 amide bonds. The van der Waals surface area contributed by atoms with Crippen LogP contribution in [0, 0.1) is 0 Å². The number of benzene rings is 3. The van der Waals surface area contributed by atoms with Gasteiger partial charge in [-0.15, -0.1) is 0 Å². The van der Waals surface area contributed by atoms with E-state index < -0.39 is 15.7 Å². The maximum Gasteiger partial charge on any atom is 0.259 e. The van der Waals surface area contributed by atoms with Crippen molar-refractivity contribution in [3.63, 3.8) is 0 Å². The van der Waals surface area contributed by atoms with Gasteiger partial charge >= 0.3 is 0 Å². The van der Waals surface area contributed by atoms with E-state index in [1.54, 1.807) is 36.4 Å². The van der Waals surface area contributed by atoms with Crippen LogP contribution in [0.25, 0.3) is 0 Å². The molecule has 0 aliphatic carbocycles. The second kappa shape index (κ2) is 12.1. The van der Waals surface area contributed by atoms with Gasteiger partial charge in [0.1, 0.15) is 0 Å². The number of carbonyl (C=O) groups excluding carboxylic acids is 2. The minimum Gasteiger partial charge on any atom is -0.352 e. The average Bonchev–Trinajstić information content (AvgIpc) is 3.04. The molecular formula is C31H34ClN3O4S. The number of fused-ring (bicyclic) bond motifs is 2. The fourth-order valence-corrected chi connectivity index (χ4v) is 7.44. The van der Waals surface area contributed by atoms with Crippen molar-refractivity contribution in [2.45, 2.75) is 61.4 Å². The molecule has 1 saturated heterocycles. The van der Waals surface area contributed by atoms with E-state index in [2.05, 4.69) is 17.1 Å².